The highest BCUT2D eigenvalue weighted by Crippen LogP contribution is 2.40. The molecule has 1 aromatic carbocycles. The SMILES string of the molecule is O=C(O)CCCN(Cc1ccccc1)C(=O)c1cc(C2CC2)on1. The van der Waals surface area contributed by atoms with Crippen LogP contribution in [0.15, 0.2) is 40.9 Å². The van der Waals surface area contributed by atoms with E-state index in [1.807, 2.05) is 30.3 Å². The topological polar surface area (TPSA) is 83.6 Å². The van der Waals surface area contributed by atoms with Gasteiger partial charge in [0.05, 0.1) is 0 Å². The smallest absolute Gasteiger partial charge is 0.303 e. The molecule has 1 aliphatic rings. The first-order chi connectivity index (χ1) is 11.6. The van der Waals surface area contributed by atoms with Crippen LogP contribution in [0.3, 0.4) is 0 Å². The monoisotopic (exact) mass is 328 g/mol. The number of carbonyl (C=O) groups is 2. The molecule has 1 heterocycles. The van der Waals surface area contributed by atoms with Gasteiger partial charge in [-0.1, -0.05) is 35.5 Å². The molecule has 0 atom stereocenters. The van der Waals surface area contributed by atoms with Crippen molar-refractivity contribution in [1.82, 2.24) is 10.1 Å². The largest absolute Gasteiger partial charge is 0.481 e. The van der Waals surface area contributed by atoms with Crippen molar-refractivity contribution in [2.24, 2.45) is 0 Å². The van der Waals surface area contributed by atoms with Crippen LogP contribution >= 0.6 is 0 Å². The summed E-state index contributed by atoms with van der Waals surface area (Å²) in [5.41, 5.74) is 1.29. The maximum absolute atomic E-state index is 12.7. The third-order valence-corrected chi connectivity index (χ3v) is 4.05. The maximum atomic E-state index is 12.7. The van der Waals surface area contributed by atoms with Crippen LogP contribution in [-0.2, 0) is 11.3 Å². The Kier molecular flexibility index (Phi) is 4.93. The predicted molar refractivity (Wildman–Crippen MR) is 86.5 cm³/mol. The average molecular weight is 328 g/mol. The zero-order chi connectivity index (χ0) is 16.9. The second-order valence-electron chi connectivity index (χ2n) is 6.10. The summed E-state index contributed by atoms with van der Waals surface area (Å²) in [6.45, 7) is 0.788. The summed E-state index contributed by atoms with van der Waals surface area (Å²) in [6, 6.07) is 11.3. The van der Waals surface area contributed by atoms with Gasteiger partial charge in [-0.05, 0) is 24.8 Å². The lowest BCUT2D eigenvalue weighted by molar-refractivity contribution is -0.137. The lowest BCUT2D eigenvalue weighted by atomic mass is 10.2. The van der Waals surface area contributed by atoms with Crippen molar-refractivity contribution in [3.8, 4) is 0 Å². The summed E-state index contributed by atoms with van der Waals surface area (Å²) < 4.78 is 5.26. The predicted octanol–water partition coefficient (Wildman–Crippen LogP) is 3.06. The highest BCUT2D eigenvalue weighted by atomic mass is 16.5. The molecular formula is C18H20N2O4. The van der Waals surface area contributed by atoms with Crippen LogP contribution in [0.2, 0.25) is 0 Å². The summed E-state index contributed by atoms with van der Waals surface area (Å²) in [6.07, 6.45) is 2.59. The van der Waals surface area contributed by atoms with Gasteiger partial charge in [0.1, 0.15) is 5.76 Å². The molecule has 0 radical (unpaired) electrons. The van der Waals surface area contributed by atoms with Gasteiger partial charge in [0, 0.05) is 31.5 Å². The van der Waals surface area contributed by atoms with Crippen molar-refractivity contribution >= 4 is 11.9 Å². The van der Waals surface area contributed by atoms with Crippen molar-refractivity contribution in [3.05, 3.63) is 53.4 Å². The van der Waals surface area contributed by atoms with Gasteiger partial charge in [-0.25, -0.2) is 0 Å². The van der Waals surface area contributed by atoms with Crippen LogP contribution in [0.4, 0.5) is 0 Å². The second-order valence-corrected chi connectivity index (χ2v) is 6.10. The highest BCUT2D eigenvalue weighted by Gasteiger charge is 2.29. The molecule has 1 amide bonds. The Morgan fingerprint density at radius 2 is 2.00 bits per heavy atom. The minimum absolute atomic E-state index is 0.0324. The summed E-state index contributed by atoms with van der Waals surface area (Å²) in [4.78, 5) is 25.1. The molecule has 6 nitrogen and oxygen atoms in total. The molecule has 0 saturated heterocycles. The van der Waals surface area contributed by atoms with Gasteiger partial charge >= 0.3 is 5.97 Å². The van der Waals surface area contributed by atoms with E-state index in [9.17, 15) is 9.59 Å². The quantitative estimate of drug-likeness (QED) is 0.805. The first-order valence-corrected chi connectivity index (χ1v) is 8.15. The van der Waals surface area contributed by atoms with Crippen molar-refractivity contribution in [2.45, 2.75) is 38.1 Å². The summed E-state index contributed by atoms with van der Waals surface area (Å²) in [7, 11) is 0. The number of amides is 1. The number of hydrogen-bond donors (Lipinski definition) is 1. The van der Waals surface area contributed by atoms with E-state index in [2.05, 4.69) is 5.16 Å². The Morgan fingerprint density at radius 3 is 2.67 bits per heavy atom. The number of carboxylic acids is 1. The second kappa shape index (κ2) is 7.29. The number of carbonyl (C=O) groups excluding carboxylic acids is 1. The molecule has 1 aromatic heterocycles. The third-order valence-electron chi connectivity index (χ3n) is 4.05. The zero-order valence-electron chi connectivity index (χ0n) is 13.4. The first-order valence-electron chi connectivity index (χ1n) is 8.15. The molecule has 24 heavy (non-hydrogen) atoms. The number of aromatic nitrogens is 1. The first kappa shape index (κ1) is 16.2. The number of hydrogen-bond acceptors (Lipinski definition) is 4. The molecule has 1 N–H and O–H groups in total. The standard InChI is InChI=1S/C18H20N2O4/c21-17(22)7-4-10-20(12-13-5-2-1-3-6-13)18(23)15-11-16(24-19-15)14-8-9-14/h1-3,5-6,11,14H,4,7-10,12H2,(H,21,22). The number of carboxylic acid groups (broad SMARTS) is 1. The lowest BCUT2D eigenvalue weighted by Gasteiger charge is -2.21. The molecule has 0 spiro atoms. The van der Waals surface area contributed by atoms with Gasteiger partial charge in [0.15, 0.2) is 5.69 Å². The van der Waals surface area contributed by atoms with Gasteiger partial charge in [0.2, 0.25) is 0 Å². The van der Waals surface area contributed by atoms with Gasteiger partial charge in [-0.2, -0.15) is 0 Å². The molecule has 2 aromatic rings. The molecule has 6 heteroatoms. The minimum atomic E-state index is -0.862. The number of nitrogens with zero attached hydrogens (tertiary/aromatic N) is 2. The molecule has 0 bridgehead atoms. The molecule has 126 valence electrons. The van der Waals surface area contributed by atoms with Gasteiger partial charge in [0.25, 0.3) is 5.91 Å². The minimum Gasteiger partial charge on any atom is -0.481 e. The summed E-state index contributed by atoms with van der Waals surface area (Å²) in [5.74, 6) is 0.0802. The maximum Gasteiger partial charge on any atom is 0.303 e. The highest BCUT2D eigenvalue weighted by molar-refractivity contribution is 5.92. The molecule has 3 rings (SSSR count). The van der Waals surface area contributed by atoms with Crippen LogP contribution in [0, 0.1) is 0 Å². The summed E-state index contributed by atoms with van der Waals surface area (Å²) >= 11 is 0. The van der Waals surface area contributed by atoms with Crippen LogP contribution in [0.5, 0.6) is 0 Å². The fourth-order valence-electron chi connectivity index (χ4n) is 2.59. The van der Waals surface area contributed by atoms with Gasteiger partial charge in [-0.15, -0.1) is 0 Å². The molecule has 1 fully saturated rings. The van der Waals surface area contributed by atoms with Crippen molar-refractivity contribution in [3.63, 3.8) is 0 Å². The van der Waals surface area contributed by atoms with Crippen molar-refractivity contribution in [2.75, 3.05) is 6.54 Å². The molecule has 0 unspecified atom stereocenters. The van der Waals surface area contributed by atoms with Crippen LogP contribution in [0.1, 0.15) is 53.4 Å². The number of benzene rings is 1. The number of rotatable bonds is 8. The fourth-order valence-corrected chi connectivity index (χ4v) is 2.59. The van der Waals surface area contributed by atoms with E-state index in [0.717, 1.165) is 24.2 Å². The fraction of sp³-hybridized carbons (Fsp3) is 0.389. The third kappa shape index (κ3) is 4.22. The van der Waals surface area contributed by atoms with E-state index < -0.39 is 5.97 Å². The number of aliphatic carboxylic acids is 1. The van der Waals surface area contributed by atoms with Gasteiger partial charge in [-0.3, -0.25) is 9.59 Å². The van der Waals surface area contributed by atoms with E-state index in [-0.39, 0.29) is 12.3 Å². The normalized spacial score (nSPS) is 13.7. The summed E-state index contributed by atoms with van der Waals surface area (Å²) in [5, 5.41) is 12.7. The van der Waals surface area contributed by atoms with Crippen molar-refractivity contribution < 1.29 is 19.2 Å². The Hall–Kier alpha value is -2.63. The molecule has 1 saturated carbocycles. The Labute approximate surface area is 140 Å². The molecule has 0 aliphatic heterocycles. The van der Waals surface area contributed by atoms with Crippen LogP contribution in [-0.4, -0.2) is 33.6 Å². The van der Waals surface area contributed by atoms with E-state index in [1.54, 1.807) is 11.0 Å². The molecule has 1 aliphatic carbocycles. The van der Waals surface area contributed by atoms with E-state index in [1.165, 1.54) is 0 Å². The Bertz CT molecular complexity index is 707. The lowest BCUT2D eigenvalue weighted by Crippen LogP contribution is -2.32. The van der Waals surface area contributed by atoms with Crippen LogP contribution in [0.25, 0.3) is 0 Å². The molecular weight excluding hydrogens is 308 g/mol. The van der Waals surface area contributed by atoms with E-state index >= 15 is 0 Å². The van der Waals surface area contributed by atoms with E-state index in [0.29, 0.717) is 31.1 Å². The Balaban J connectivity index is 1.71. The average Bonchev–Trinajstić information content (AvgIpc) is 3.31. The Morgan fingerprint density at radius 1 is 1.25 bits per heavy atom. The van der Waals surface area contributed by atoms with Crippen LogP contribution < -0.4 is 0 Å². The zero-order valence-corrected chi connectivity index (χ0v) is 13.4. The van der Waals surface area contributed by atoms with Gasteiger partial charge < -0.3 is 14.5 Å². The van der Waals surface area contributed by atoms with E-state index in [4.69, 9.17) is 9.63 Å². The van der Waals surface area contributed by atoms with Crippen molar-refractivity contribution in [1.29, 1.82) is 0 Å².